The summed E-state index contributed by atoms with van der Waals surface area (Å²) >= 11 is 0. The summed E-state index contributed by atoms with van der Waals surface area (Å²) in [5.74, 6) is 1.92. The first-order chi connectivity index (χ1) is 13.9. The van der Waals surface area contributed by atoms with Crippen molar-refractivity contribution in [3.63, 3.8) is 0 Å². The van der Waals surface area contributed by atoms with E-state index in [1.165, 1.54) is 6.26 Å². The lowest BCUT2D eigenvalue weighted by molar-refractivity contribution is -0.134. The number of hydrogen-bond donors (Lipinski definition) is 0. The van der Waals surface area contributed by atoms with Gasteiger partial charge in [-0.3, -0.25) is 4.79 Å². The molecule has 1 amide bonds. The van der Waals surface area contributed by atoms with Gasteiger partial charge in [0.15, 0.2) is 9.84 Å². The van der Waals surface area contributed by atoms with Crippen molar-refractivity contribution in [2.45, 2.75) is 23.8 Å². The third-order valence-electron chi connectivity index (χ3n) is 5.04. The fraction of sp³-hybridized carbons (Fsp3) is 0.450. The second-order valence-corrected chi connectivity index (χ2v) is 9.10. The quantitative estimate of drug-likeness (QED) is 0.609. The normalized spacial score (nSPS) is 14.4. The fourth-order valence-corrected chi connectivity index (χ4v) is 4.90. The largest absolute Gasteiger partial charge is 0.496 e. The summed E-state index contributed by atoms with van der Waals surface area (Å²) < 4.78 is 46.0. The molecular weight excluding hydrogens is 398 g/mol. The molecule has 1 aliphatic heterocycles. The molecule has 1 saturated heterocycles. The minimum atomic E-state index is -3.35. The van der Waals surface area contributed by atoms with E-state index in [1.54, 1.807) is 50.5 Å². The number of carbonyl (C=O) groups is 1. The molecule has 1 aliphatic rings. The van der Waals surface area contributed by atoms with Crippen molar-refractivity contribution < 1.29 is 31.8 Å². The van der Waals surface area contributed by atoms with E-state index in [4.69, 9.17) is 18.6 Å². The molecule has 2 heterocycles. The fourth-order valence-electron chi connectivity index (χ4n) is 3.29. The van der Waals surface area contributed by atoms with Crippen LogP contribution in [0.3, 0.4) is 0 Å². The van der Waals surface area contributed by atoms with Crippen LogP contribution in [0, 0.1) is 0 Å². The standard InChI is InChI=1S/C20H25NO7S/c1-25-15-9-18(26-2)17(19(10-15)27-3)6-7-20(22)21-11-16(12-21)29(23,24)13-14-5-4-8-28-14/h4-5,8-10,16H,6-7,11-13H2,1-3H3. The molecule has 0 aliphatic carbocycles. The highest BCUT2D eigenvalue weighted by atomic mass is 32.2. The van der Waals surface area contributed by atoms with E-state index in [2.05, 4.69) is 0 Å². The Morgan fingerprint density at radius 1 is 1.14 bits per heavy atom. The van der Waals surface area contributed by atoms with E-state index in [-0.39, 0.29) is 31.2 Å². The van der Waals surface area contributed by atoms with Gasteiger partial charge < -0.3 is 23.5 Å². The lowest BCUT2D eigenvalue weighted by Crippen LogP contribution is -2.57. The lowest BCUT2D eigenvalue weighted by atomic mass is 10.0. The number of ether oxygens (including phenoxy) is 3. The Bertz CT molecular complexity index is 922. The molecule has 2 aromatic rings. The highest BCUT2D eigenvalue weighted by Gasteiger charge is 2.39. The number of carbonyl (C=O) groups excluding carboxylic acids is 1. The van der Waals surface area contributed by atoms with E-state index in [0.29, 0.717) is 29.4 Å². The van der Waals surface area contributed by atoms with Crippen molar-refractivity contribution in [1.29, 1.82) is 0 Å². The summed E-state index contributed by atoms with van der Waals surface area (Å²) in [6.45, 7) is 0.414. The zero-order valence-corrected chi connectivity index (χ0v) is 17.5. The summed E-state index contributed by atoms with van der Waals surface area (Å²) in [5, 5.41) is -0.554. The smallest absolute Gasteiger partial charge is 0.222 e. The van der Waals surface area contributed by atoms with Gasteiger partial charge in [0.1, 0.15) is 28.8 Å². The van der Waals surface area contributed by atoms with Gasteiger partial charge in [-0.1, -0.05) is 0 Å². The summed E-state index contributed by atoms with van der Waals surface area (Å²) in [6, 6.07) is 6.77. The number of hydrogen-bond acceptors (Lipinski definition) is 7. The molecule has 29 heavy (non-hydrogen) atoms. The zero-order valence-electron chi connectivity index (χ0n) is 16.7. The van der Waals surface area contributed by atoms with E-state index < -0.39 is 15.1 Å². The van der Waals surface area contributed by atoms with Crippen LogP contribution in [-0.2, 0) is 26.8 Å². The van der Waals surface area contributed by atoms with Crippen molar-refractivity contribution in [3.8, 4) is 17.2 Å². The first-order valence-electron chi connectivity index (χ1n) is 9.18. The number of amides is 1. The molecule has 0 N–H and O–H groups in total. The predicted molar refractivity (Wildman–Crippen MR) is 106 cm³/mol. The molecule has 1 fully saturated rings. The molecule has 0 unspecified atom stereocenters. The van der Waals surface area contributed by atoms with Gasteiger partial charge in [0, 0.05) is 37.2 Å². The lowest BCUT2D eigenvalue weighted by Gasteiger charge is -2.38. The Hall–Kier alpha value is -2.68. The molecule has 1 aromatic heterocycles. The molecule has 0 radical (unpaired) electrons. The van der Waals surface area contributed by atoms with E-state index in [1.807, 2.05) is 0 Å². The summed E-state index contributed by atoms with van der Waals surface area (Å²) in [6.07, 6.45) is 2.09. The van der Waals surface area contributed by atoms with Crippen molar-refractivity contribution in [2.24, 2.45) is 0 Å². The van der Waals surface area contributed by atoms with Crippen LogP contribution in [0.1, 0.15) is 17.7 Å². The van der Waals surface area contributed by atoms with E-state index >= 15 is 0 Å². The van der Waals surface area contributed by atoms with Crippen LogP contribution in [0.25, 0.3) is 0 Å². The summed E-state index contributed by atoms with van der Waals surface area (Å²) in [7, 11) is 1.29. The first-order valence-corrected chi connectivity index (χ1v) is 10.9. The van der Waals surface area contributed by atoms with Gasteiger partial charge in [0.2, 0.25) is 5.91 Å². The van der Waals surface area contributed by atoms with Crippen molar-refractivity contribution >= 4 is 15.7 Å². The van der Waals surface area contributed by atoms with Gasteiger partial charge in [-0.15, -0.1) is 0 Å². The Kier molecular flexibility index (Phi) is 6.36. The van der Waals surface area contributed by atoms with E-state index in [0.717, 1.165) is 5.56 Å². The third-order valence-corrected chi connectivity index (χ3v) is 7.04. The van der Waals surface area contributed by atoms with Crippen LogP contribution in [0.15, 0.2) is 34.9 Å². The second-order valence-electron chi connectivity index (χ2n) is 6.82. The molecule has 8 nitrogen and oxygen atoms in total. The highest BCUT2D eigenvalue weighted by molar-refractivity contribution is 7.91. The van der Waals surface area contributed by atoms with Crippen LogP contribution < -0.4 is 14.2 Å². The summed E-state index contributed by atoms with van der Waals surface area (Å²) in [5.41, 5.74) is 0.770. The van der Waals surface area contributed by atoms with Gasteiger partial charge >= 0.3 is 0 Å². The second kappa shape index (κ2) is 8.77. The van der Waals surface area contributed by atoms with Crippen LogP contribution in [0.2, 0.25) is 0 Å². The van der Waals surface area contributed by atoms with Gasteiger partial charge in [-0.2, -0.15) is 0 Å². The van der Waals surface area contributed by atoms with Crippen molar-refractivity contribution in [3.05, 3.63) is 41.9 Å². The zero-order chi connectivity index (χ0) is 21.0. The van der Waals surface area contributed by atoms with Gasteiger partial charge in [-0.05, 0) is 18.6 Å². The average molecular weight is 423 g/mol. The van der Waals surface area contributed by atoms with Gasteiger partial charge in [-0.25, -0.2) is 8.42 Å². The minimum Gasteiger partial charge on any atom is -0.496 e. The molecule has 0 saturated carbocycles. The van der Waals surface area contributed by atoms with Crippen LogP contribution in [-0.4, -0.2) is 58.9 Å². The number of benzene rings is 1. The Labute approximate surface area is 170 Å². The Balaban J connectivity index is 1.58. The molecule has 1 aromatic carbocycles. The molecule has 0 spiro atoms. The number of likely N-dealkylation sites (tertiary alicyclic amines) is 1. The number of rotatable bonds is 9. The van der Waals surface area contributed by atoms with Crippen molar-refractivity contribution in [2.75, 3.05) is 34.4 Å². The number of sulfone groups is 1. The molecule has 3 rings (SSSR count). The first kappa shape index (κ1) is 21.0. The monoisotopic (exact) mass is 423 g/mol. The molecule has 0 atom stereocenters. The molecule has 0 bridgehead atoms. The van der Waals surface area contributed by atoms with Crippen LogP contribution >= 0.6 is 0 Å². The summed E-state index contributed by atoms with van der Waals surface area (Å²) in [4.78, 5) is 14.1. The topological polar surface area (TPSA) is 95.3 Å². The molecule has 158 valence electrons. The number of methoxy groups -OCH3 is 3. The van der Waals surface area contributed by atoms with E-state index in [9.17, 15) is 13.2 Å². The molecular formula is C20H25NO7S. The van der Waals surface area contributed by atoms with Crippen LogP contribution in [0.4, 0.5) is 0 Å². The predicted octanol–water partition coefficient (Wildman–Crippen LogP) is 2.06. The van der Waals surface area contributed by atoms with Crippen LogP contribution in [0.5, 0.6) is 17.2 Å². The van der Waals surface area contributed by atoms with Gasteiger partial charge in [0.05, 0.1) is 32.8 Å². The van der Waals surface area contributed by atoms with Crippen molar-refractivity contribution in [1.82, 2.24) is 4.90 Å². The maximum Gasteiger partial charge on any atom is 0.222 e. The number of furan rings is 1. The average Bonchev–Trinajstić information content (AvgIpc) is 3.16. The third kappa shape index (κ3) is 4.67. The SMILES string of the molecule is COc1cc(OC)c(CCC(=O)N2CC(S(=O)(=O)Cc3ccco3)C2)c(OC)c1. The minimum absolute atomic E-state index is 0.102. The Morgan fingerprint density at radius 2 is 1.79 bits per heavy atom. The maximum atomic E-state index is 12.5. The number of nitrogens with zero attached hydrogens (tertiary/aromatic N) is 1. The highest BCUT2D eigenvalue weighted by Crippen LogP contribution is 2.35. The maximum absolute atomic E-state index is 12.5. The van der Waals surface area contributed by atoms with Gasteiger partial charge in [0.25, 0.3) is 0 Å². The Morgan fingerprint density at radius 3 is 2.31 bits per heavy atom. The molecule has 9 heteroatoms.